The Morgan fingerprint density at radius 2 is 1.74 bits per heavy atom. The fraction of sp³-hybridized carbons (Fsp3) is 0.222. The molecule has 8 heteroatoms. The van der Waals surface area contributed by atoms with Crippen LogP contribution in [0.25, 0.3) is 0 Å². The van der Waals surface area contributed by atoms with Gasteiger partial charge in [-0.25, -0.2) is 4.79 Å². The van der Waals surface area contributed by atoms with Gasteiger partial charge in [-0.15, -0.1) is 0 Å². The molecule has 180 valence electrons. The zero-order valence-corrected chi connectivity index (χ0v) is 20.2. The normalized spacial score (nSPS) is 17.1. The summed E-state index contributed by atoms with van der Waals surface area (Å²) in [6.07, 6.45) is -1.33. The van der Waals surface area contributed by atoms with Gasteiger partial charge in [0, 0.05) is 22.8 Å². The molecule has 0 radical (unpaired) electrons. The quantitative estimate of drug-likeness (QED) is 0.481. The van der Waals surface area contributed by atoms with Crippen molar-refractivity contribution in [3.63, 3.8) is 0 Å². The molecule has 1 heterocycles. The number of aryl methyl sites for hydroxylation is 1. The Balaban J connectivity index is 1.53. The molecule has 1 aliphatic rings. The third-order valence-electron chi connectivity index (χ3n) is 5.76. The summed E-state index contributed by atoms with van der Waals surface area (Å²) in [6.45, 7) is 4.50. The molecule has 0 unspecified atom stereocenters. The molecule has 0 aromatic heterocycles. The third kappa shape index (κ3) is 5.63. The minimum Gasteiger partial charge on any atom is -0.438 e. The standard InChI is InChI=1S/C27H26ClN3O4/c1-3-29-26(33)23-24(35-27(34)31(23)16-18-9-7-17(2)8-10-18)19-11-13-22(14-12-19)30-25(32)20-5-4-6-21(28)15-20/h4-15,23-24H,3,16H2,1-2H3,(H,29,33)(H,30,32)/t23-,24+/m1/s1. The summed E-state index contributed by atoms with van der Waals surface area (Å²) in [7, 11) is 0. The number of halogens is 1. The number of hydrogen-bond donors (Lipinski definition) is 2. The topological polar surface area (TPSA) is 87.7 Å². The number of nitrogens with one attached hydrogen (secondary N) is 2. The van der Waals surface area contributed by atoms with E-state index in [0.717, 1.165) is 11.1 Å². The number of anilines is 1. The van der Waals surface area contributed by atoms with Crippen molar-refractivity contribution in [3.8, 4) is 0 Å². The van der Waals surface area contributed by atoms with E-state index in [4.69, 9.17) is 16.3 Å². The summed E-state index contributed by atoms with van der Waals surface area (Å²) in [4.78, 5) is 39.7. The number of cyclic esters (lactones) is 1. The largest absolute Gasteiger partial charge is 0.438 e. The SMILES string of the molecule is CCNC(=O)[C@H]1[C@H](c2ccc(NC(=O)c3cccc(Cl)c3)cc2)OC(=O)N1Cc1ccc(C)cc1. The van der Waals surface area contributed by atoms with E-state index in [1.165, 1.54) is 4.90 Å². The fourth-order valence-electron chi connectivity index (χ4n) is 3.97. The second-order valence-corrected chi connectivity index (χ2v) is 8.78. The van der Waals surface area contributed by atoms with Crippen LogP contribution < -0.4 is 10.6 Å². The van der Waals surface area contributed by atoms with Gasteiger partial charge >= 0.3 is 6.09 Å². The second kappa shape index (κ2) is 10.6. The van der Waals surface area contributed by atoms with Crippen LogP contribution in [0.3, 0.4) is 0 Å². The van der Waals surface area contributed by atoms with Crippen molar-refractivity contribution < 1.29 is 19.1 Å². The first-order valence-electron chi connectivity index (χ1n) is 11.3. The third-order valence-corrected chi connectivity index (χ3v) is 6.00. The highest BCUT2D eigenvalue weighted by Crippen LogP contribution is 2.34. The van der Waals surface area contributed by atoms with E-state index in [9.17, 15) is 14.4 Å². The number of benzene rings is 3. The smallest absolute Gasteiger partial charge is 0.411 e. The molecule has 1 aliphatic heterocycles. The van der Waals surface area contributed by atoms with Crippen LogP contribution in [-0.4, -0.2) is 35.4 Å². The van der Waals surface area contributed by atoms with Crippen LogP contribution in [0.5, 0.6) is 0 Å². The van der Waals surface area contributed by atoms with Crippen molar-refractivity contribution in [1.82, 2.24) is 10.2 Å². The molecule has 3 amide bonds. The van der Waals surface area contributed by atoms with Crippen molar-refractivity contribution >= 4 is 35.2 Å². The van der Waals surface area contributed by atoms with Gasteiger partial charge in [0.1, 0.15) is 0 Å². The highest BCUT2D eigenvalue weighted by Gasteiger charge is 2.46. The van der Waals surface area contributed by atoms with Gasteiger partial charge in [-0.1, -0.05) is 59.6 Å². The number of carbonyl (C=O) groups excluding carboxylic acids is 3. The summed E-state index contributed by atoms with van der Waals surface area (Å²) >= 11 is 5.97. The Labute approximate surface area is 209 Å². The van der Waals surface area contributed by atoms with E-state index in [-0.39, 0.29) is 18.4 Å². The van der Waals surface area contributed by atoms with Gasteiger partial charge in [0.15, 0.2) is 12.1 Å². The maximum absolute atomic E-state index is 13.0. The Kier molecular flexibility index (Phi) is 7.36. The molecule has 7 nitrogen and oxygen atoms in total. The van der Waals surface area contributed by atoms with E-state index in [2.05, 4.69) is 10.6 Å². The first kappa shape index (κ1) is 24.3. The highest BCUT2D eigenvalue weighted by molar-refractivity contribution is 6.31. The summed E-state index contributed by atoms with van der Waals surface area (Å²) in [5, 5.41) is 6.10. The maximum atomic E-state index is 13.0. The Bertz CT molecular complexity index is 1230. The number of ether oxygens (including phenoxy) is 1. The van der Waals surface area contributed by atoms with Crippen molar-refractivity contribution in [2.24, 2.45) is 0 Å². The number of carbonyl (C=O) groups is 3. The van der Waals surface area contributed by atoms with Crippen LogP contribution in [0.2, 0.25) is 5.02 Å². The summed E-state index contributed by atoms with van der Waals surface area (Å²) < 4.78 is 5.66. The van der Waals surface area contributed by atoms with Crippen molar-refractivity contribution in [1.29, 1.82) is 0 Å². The molecule has 3 aromatic rings. The van der Waals surface area contributed by atoms with Crippen LogP contribution in [-0.2, 0) is 16.1 Å². The van der Waals surface area contributed by atoms with Gasteiger partial charge in [0.25, 0.3) is 5.91 Å². The van der Waals surface area contributed by atoms with Gasteiger partial charge in [-0.05, 0) is 55.3 Å². The number of likely N-dealkylation sites (N-methyl/N-ethyl adjacent to an activating group) is 1. The van der Waals surface area contributed by atoms with E-state index in [1.54, 1.807) is 48.5 Å². The molecule has 35 heavy (non-hydrogen) atoms. The lowest BCUT2D eigenvalue weighted by Crippen LogP contribution is -2.46. The number of hydrogen-bond acceptors (Lipinski definition) is 4. The molecule has 0 bridgehead atoms. The van der Waals surface area contributed by atoms with Crippen molar-refractivity contribution in [2.75, 3.05) is 11.9 Å². The molecule has 0 saturated carbocycles. The second-order valence-electron chi connectivity index (χ2n) is 8.34. The molecule has 2 atom stereocenters. The lowest BCUT2D eigenvalue weighted by atomic mass is 10.00. The number of nitrogens with zero attached hydrogens (tertiary/aromatic N) is 1. The average molecular weight is 492 g/mol. The van der Waals surface area contributed by atoms with Crippen LogP contribution >= 0.6 is 11.6 Å². The van der Waals surface area contributed by atoms with Crippen LogP contribution in [0.4, 0.5) is 10.5 Å². The van der Waals surface area contributed by atoms with Crippen LogP contribution in [0.1, 0.15) is 40.1 Å². The fourth-order valence-corrected chi connectivity index (χ4v) is 4.16. The van der Waals surface area contributed by atoms with E-state index >= 15 is 0 Å². The van der Waals surface area contributed by atoms with Crippen molar-refractivity contribution in [2.45, 2.75) is 32.5 Å². The number of rotatable bonds is 7. The van der Waals surface area contributed by atoms with E-state index < -0.39 is 18.2 Å². The van der Waals surface area contributed by atoms with Gasteiger partial charge in [-0.2, -0.15) is 0 Å². The molecular formula is C27H26ClN3O4. The first-order chi connectivity index (χ1) is 16.9. The van der Waals surface area contributed by atoms with Crippen LogP contribution in [0.15, 0.2) is 72.8 Å². The molecule has 0 aliphatic carbocycles. The minimum atomic E-state index is -0.823. The lowest BCUT2D eigenvalue weighted by molar-refractivity contribution is -0.126. The van der Waals surface area contributed by atoms with Crippen LogP contribution in [0, 0.1) is 6.92 Å². The molecule has 1 fully saturated rings. The van der Waals surface area contributed by atoms with E-state index in [1.807, 2.05) is 38.1 Å². The summed E-state index contributed by atoms with van der Waals surface area (Å²) in [6, 6.07) is 20.5. The van der Waals surface area contributed by atoms with Crippen molar-refractivity contribution in [3.05, 3.63) is 100 Å². The lowest BCUT2D eigenvalue weighted by Gasteiger charge is -2.24. The molecule has 3 aromatic carbocycles. The Morgan fingerprint density at radius 1 is 1.03 bits per heavy atom. The monoisotopic (exact) mass is 491 g/mol. The predicted octanol–water partition coefficient (Wildman–Crippen LogP) is 5.10. The first-order valence-corrected chi connectivity index (χ1v) is 11.7. The maximum Gasteiger partial charge on any atom is 0.411 e. The molecular weight excluding hydrogens is 466 g/mol. The summed E-state index contributed by atoms with van der Waals surface area (Å²) in [5.41, 5.74) is 3.67. The van der Waals surface area contributed by atoms with Gasteiger partial charge in [0.05, 0.1) is 6.54 Å². The Morgan fingerprint density at radius 3 is 2.40 bits per heavy atom. The molecule has 1 saturated heterocycles. The number of amides is 3. The zero-order chi connectivity index (χ0) is 24.9. The van der Waals surface area contributed by atoms with E-state index in [0.29, 0.717) is 28.4 Å². The molecule has 0 spiro atoms. The van der Waals surface area contributed by atoms with Gasteiger partial charge in [0.2, 0.25) is 5.91 Å². The zero-order valence-electron chi connectivity index (χ0n) is 19.5. The minimum absolute atomic E-state index is 0.255. The van der Waals surface area contributed by atoms with Gasteiger partial charge in [-0.3, -0.25) is 14.5 Å². The van der Waals surface area contributed by atoms with Gasteiger partial charge < -0.3 is 15.4 Å². The average Bonchev–Trinajstić information content (AvgIpc) is 3.17. The predicted molar refractivity (Wildman–Crippen MR) is 134 cm³/mol. The summed E-state index contributed by atoms with van der Waals surface area (Å²) in [5.74, 6) is -0.578. The molecule has 4 rings (SSSR count). The Hall–Kier alpha value is -3.84. The highest BCUT2D eigenvalue weighted by atomic mass is 35.5. The molecule has 2 N–H and O–H groups in total.